The third-order valence-electron chi connectivity index (χ3n) is 6.51. The molecule has 180 valence electrons. The summed E-state index contributed by atoms with van der Waals surface area (Å²) in [6.45, 7) is 3.10. The minimum absolute atomic E-state index is 0.359. The number of nitrogens with one attached hydrogen (secondary N) is 1. The maximum absolute atomic E-state index is 6.69. The van der Waals surface area contributed by atoms with Gasteiger partial charge in [-0.1, -0.05) is 71.2 Å². The summed E-state index contributed by atoms with van der Waals surface area (Å²) in [6.07, 6.45) is 3.75. The van der Waals surface area contributed by atoms with Crippen LogP contribution in [0.5, 0.6) is 5.75 Å². The zero-order valence-corrected chi connectivity index (χ0v) is 21.6. The second kappa shape index (κ2) is 11.0. The monoisotopic (exact) mass is 524 g/mol. The minimum Gasteiger partial charge on any atom is -0.488 e. The van der Waals surface area contributed by atoms with Gasteiger partial charge in [-0.15, -0.1) is 0 Å². The number of ether oxygens (including phenoxy) is 1. The molecule has 1 N–H and O–H groups in total. The first-order chi connectivity index (χ1) is 17.1. The predicted molar refractivity (Wildman–Crippen MR) is 150 cm³/mol. The van der Waals surface area contributed by atoms with Gasteiger partial charge in [0.1, 0.15) is 12.4 Å². The van der Waals surface area contributed by atoms with E-state index >= 15 is 0 Å². The molecular weight excluding hydrogens is 499 g/mol. The van der Waals surface area contributed by atoms with Crippen molar-refractivity contribution in [2.45, 2.75) is 32.4 Å². The van der Waals surface area contributed by atoms with Crippen molar-refractivity contribution in [1.82, 2.24) is 0 Å². The van der Waals surface area contributed by atoms with Crippen LogP contribution in [0.1, 0.15) is 30.4 Å². The SMILES string of the molecule is Clc1ccc(COc2ccc3ccccc3c2CNc2ccc(N3CCCCC3)c(Cl)c2)c(Cl)c1. The minimum atomic E-state index is 0.359. The number of halogens is 3. The van der Waals surface area contributed by atoms with Crippen LogP contribution < -0.4 is 15.0 Å². The number of hydrogen-bond donors (Lipinski definition) is 1. The number of anilines is 2. The first-order valence-electron chi connectivity index (χ1n) is 11.9. The Bertz CT molecular complexity index is 1340. The van der Waals surface area contributed by atoms with Crippen LogP contribution in [0.2, 0.25) is 15.1 Å². The third kappa shape index (κ3) is 5.64. The Labute approximate surface area is 221 Å². The lowest BCUT2D eigenvalue weighted by molar-refractivity contribution is 0.304. The molecule has 1 fully saturated rings. The van der Waals surface area contributed by atoms with E-state index in [1.165, 1.54) is 24.6 Å². The van der Waals surface area contributed by atoms with E-state index in [9.17, 15) is 0 Å². The molecule has 5 rings (SSSR count). The Balaban J connectivity index is 1.37. The van der Waals surface area contributed by atoms with E-state index in [-0.39, 0.29) is 0 Å². The number of benzene rings is 4. The van der Waals surface area contributed by atoms with Crippen molar-refractivity contribution >= 4 is 57.0 Å². The molecule has 0 spiro atoms. The summed E-state index contributed by atoms with van der Waals surface area (Å²) in [5, 5.41) is 7.86. The standard InChI is InChI=1S/C29H27Cl3N2O/c30-22-10-8-21(26(31)16-22)19-35-29-13-9-20-6-2-3-7-24(20)25(29)18-33-23-11-12-28(27(32)17-23)34-14-4-1-5-15-34/h2-3,6-13,16-17,33H,1,4-5,14-15,18-19H2. The molecule has 0 bridgehead atoms. The lowest BCUT2D eigenvalue weighted by atomic mass is 10.0. The van der Waals surface area contributed by atoms with Crippen molar-refractivity contribution in [3.63, 3.8) is 0 Å². The highest BCUT2D eigenvalue weighted by atomic mass is 35.5. The van der Waals surface area contributed by atoms with Gasteiger partial charge >= 0.3 is 0 Å². The highest BCUT2D eigenvalue weighted by Crippen LogP contribution is 2.33. The molecule has 35 heavy (non-hydrogen) atoms. The van der Waals surface area contributed by atoms with Gasteiger partial charge in [0.25, 0.3) is 0 Å². The number of piperidine rings is 1. The smallest absolute Gasteiger partial charge is 0.125 e. The highest BCUT2D eigenvalue weighted by molar-refractivity contribution is 6.35. The van der Waals surface area contributed by atoms with Gasteiger partial charge in [-0.2, -0.15) is 0 Å². The molecule has 4 aromatic rings. The van der Waals surface area contributed by atoms with Gasteiger partial charge in [0.05, 0.1) is 10.7 Å². The van der Waals surface area contributed by atoms with Crippen LogP contribution in [0.25, 0.3) is 10.8 Å². The Kier molecular flexibility index (Phi) is 7.57. The molecule has 4 aromatic carbocycles. The molecule has 1 aliphatic rings. The average molecular weight is 526 g/mol. The molecule has 1 heterocycles. The highest BCUT2D eigenvalue weighted by Gasteiger charge is 2.15. The summed E-state index contributed by atoms with van der Waals surface area (Å²) in [5.41, 5.74) is 4.08. The van der Waals surface area contributed by atoms with Crippen LogP contribution in [-0.4, -0.2) is 13.1 Å². The quantitative estimate of drug-likeness (QED) is 0.260. The Hall–Kier alpha value is -2.59. The summed E-state index contributed by atoms with van der Waals surface area (Å²) >= 11 is 19.1. The van der Waals surface area contributed by atoms with Crippen molar-refractivity contribution in [1.29, 1.82) is 0 Å². The van der Waals surface area contributed by atoms with E-state index in [2.05, 4.69) is 46.6 Å². The Morgan fingerprint density at radius 3 is 2.43 bits per heavy atom. The number of rotatable bonds is 7. The fourth-order valence-corrected chi connectivity index (χ4v) is 5.39. The largest absolute Gasteiger partial charge is 0.488 e. The molecule has 0 unspecified atom stereocenters. The van der Waals surface area contributed by atoms with Gasteiger partial charge in [-0.3, -0.25) is 0 Å². The van der Waals surface area contributed by atoms with E-state index in [1.807, 2.05) is 30.3 Å². The van der Waals surface area contributed by atoms with Gasteiger partial charge in [-0.05, 0) is 66.4 Å². The predicted octanol–water partition coefficient (Wildman–Crippen LogP) is 8.98. The van der Waals surface area contributed by atoms with Crippen LogP contribution in [-0.2, 0) is 13.2 Å². The molecule has 0 amide bonds. The molecule has 0 aliphatic carbocycles. The van der Waals surface area contributed by atoms with Crippen molar-refractivity contribution in [2.75, 3.05) is 23.3 Å². The summed E-state index contributed by atoms with van der Waals surface area (Å²) in [6, 6.07) is 24.2. The normalized spacial score (nSPS) is 13.7. The van der Waals surface area contributed by atoms with E-state index in [4.69, 9.17) is 39.5 Å². The van der Waals surface area contributed by atoms with Gasteiger partial charge in [0.15, 0.2) is 0 Å². The van der Waals surface area contributed by atoms with E-state index in [0.29, 0.717) is 23.2 Å². The first-order valence-corrected chi connectivity index (χ1v) is 13.1. The van der Waals surface area contributed by atoms with Crippen LogP contribution in [0.4, 0.5) is 11.4 Å². The van der Waals surface area contributed by atoms with Gasteiger partial charge in [0, 0.05) is 46.5 Å². The van der Waals surface area contributed by atoms with Crippen LogP contribution in [0.3, 0.4) is 0 Å². The lowest BCUT2D eigenvalue weighted by Crippen LogP contribution is -2.29. The van der Waals surface area contributed by atoms with Crippen LogP contribution >= 0.6 is 34.8 Å². The molecule has 1 saturated heterocycles. The molecule has 3 nitrogen and oxygen atoms in total. The molecule has 0 atom stereocenters. The van der Waals surface area contributed by atoms with Crippen LogP contribution in [0.15, 0.2) is 72.8 Å². The number of nitrogens with zero attached hydrogens (tertiary/aromatic N) is 1. The molecular formula is C29H27Cl3N2O. The molecule has 0 radical (unpaired) electrons. The fraction of sp³-hybridized carbons (Fsp3) is 0.241. The number of fused-ring (bicyclic) bond motifs is 1. The van der Waals surface area contributed by atoms with Crippen molar-refractivity contribution in [2.24, 2.45) is 0 Å². The maximum Gasteiger partial charge on any atom is 0.125 e. The zero-order chi connectivity index (χ0) is 24.2. The summed E-state index contributed by atoms with van der Waals surface area (Å²) in [4.78, 5) is 2.38. The molecule has 6 heteroatoms. The van der Waals surface area contributed by atoms with Crippen molar-refractivity contribution in [3.05, 3.63) is 99.0 Å². The van der Waals surface area contributed by atoms with Crippen molar-refractivity contribution in [3.8, 4) is 5.75 Å². The van der Waals surface area contributed by atoms with Gasteiger partial charge in [-0.25, -0.2) is 0 Å². The molecule has 0 saturated carbocycles. The fourth-order valence-electron chi connectivity index (χ4n) is 4.63. The van der Waals surface area contributed by atoms with Crippen molar-refractivity contribution < 1.29 is 4.74 Å². The van der Waals surface area contributed by atoms with E-state index < -0.39 is 0 Å². The second-order valence-electron chi connectivity index (χ2n) is 8.86. The first kappa shape index (κ1) is 24.1. The summed E-state index contributed by atoms with van der Waals surface area (Å²) < 4.78 is 6.26. The van der Waals surface area contributed by atoms with E-state index in [0.717, 1.165) is 51.7 Å². The molecule has 0 aromatic heterocycles. The van der Waals surface area contributed by atoms with E-state index in [1.54, 1.807) is 6.07 Å². The molecule has 1 aliphatic heterocycles. The lowest BCUT2D eigenvalue weighted by Gasteiger charge is -2.29. The summed E-state index contributed by atoms with van der Waals surface area (Å²) in [7, 11) is 0. The average Bonchev–Trinajstić information content (AvgIpc) is 2.87. The third-order valence-corrected chi connectivity index (χ3v) is 7.40. The second-order valence-corrected chi connectivity index (χ2v) is 10.1. The Morgan fingerprint density at radius 2 is 1.63 bits per heavy atom. The van der Waals surface area contributed by atoms with Gasteiger partial charge in [0.2, 0.25) is 0 Å². The van der Waals surface area contributed by atoms with Gasteiger partial charge < -0.3 is 15.0 Å². The Morgan fingerprint density at radius 1 is 0.800 bits per heavy atom. The van der Waals surface area contributed by atoms with Crippen LogP contribution in [0, 0.1) is 0 Å². The number of hydrogen-bond acceptors (Lipinski definition) is 3. The maximum atomic E-state index is 6.69. The zero-order valence-electron chi connectivity index (χ0n) is 19.4. The topological polar surface area (TPSA) is 24.5 Å². The summed E-state index contributed by atoms with van der Waals surface area (Å²) in [5.74, 6) is 0.818.